The predicted octanol–water partition coefficient (Wildman–Crippen LogP) is 1.21. The molecule has 0 saturated carbocycles. The molecule has 2 N–H and O–H groups in total. The Kier molecular flexibility index (Phi) is 4.37. The van der Waals surface area contributed by atoms with Crippen LogP contribution in [0.5, 0.6) is 0 Å². The lowest BCUT2D eigenvalue weighted by Crippen LogP contribution is -2.41. The van der Waals surface area contributed by atoms with Crippen molar-refractivity contribution in [2.45, 2.75) is 45.4 Å². The zero-order valence-electron chi connectivity index (χ0n) is 12.2. The van der Waals surface area contributed by atoms with E-state index in [1.54, 1.807) is 0 Å². The molecule has 7 heteroatoms. The van der Waals surface area contributed by atoms with Crippen LogP contribution in [0.2, 0.25) is 0 Å². The van der Waals surface area contributed by atoms with Crippen molar-refractivity contribution in [1.82, 2.24) is 4.72 Å². The first-order valence-electron chi connectivity index (χ1n) is 6.50. The highest BCUT2D eigenvalue weighted by atomic mass is 32.2. The molecular formula is C13H20BNO4S. The normalized spacial score (nSPS) is 21.9. The van der Waals surface area contributed by atoms with Crippen molar-refractivity contribution < 1.29 is 18.1 Å². The van der Waals surface area contributed by atoms with Gasteiger partial charge in [-0.2, -0.15) is 0 Å². The summed E-state index contributed by atoms with van der Waals surface area (Å²) in [5.74, 6) is 0. The smallest absolute Gasteiger partial charge is 0.399 e. The second kappa shape index (κ2) is 5.58. The van der Waals surface area contributed by atoms with E-state index in [4.69, 9.17) is 13.9 Å². The minimum Gasteiger partial charge on any atom is -0.399 e. The zero-order valence-corrected chi connectivity index (χ0v) is 13.0. The quantitative estimate of drug-likeness (QED) is 0.647. The summed E-state index contributed by atoms with van der Waals surface area (Å²) >= 11 is -1.99. The fourth-order valence-electron chi connectivity index (χ4n) is 1.92. The zero-order chi connectivity index (χ0) is 15.0. The number of benzene rings is 1. The second-order valence-electron chi connectivity index (χ2n) is 5.90. The predicted molar refractivity (Wildman–Crippen MR) is 79.8 cm³/mol. The highest BCUT2D eigenvalue weighted by Crippen LogP contribution is 2.36. The minimum atomic E-state index is -1.99. The van der Waals surface area contributed by atoms with Crippen LogP contribution in [0.15, 0.2) is 24.3 Å². The minimum absolute atomic E-state index is 0.340. The van der Waals surface area contributed by atoms with Crippen LogP contribution in [0.3, 0.4) is 0 Å². The topological polar surface area (TPSA) is 67.8 Å². The molecule has 5 nitrogen and oxygen atoms in total. The molecular weight excluding hydrogens is 277 g/mol. The largest absolute Gasteiger partial charge is 0.494 e. The van der Waals surface area contributed by atoms with Crippen LogP contribution >= 0.6 is 0 Å². The molecule has 2 rings (SSSR count). The van der Waals surface area contributed by atoms with Crippen molar-refractivity contribution >= 4 is 23.8 Å². The molecule has 0 amide bonds. The third kappa shape index (κ3) is 3.29. The van der Waals surface area contributed by atoms with Crippen molar-refractivity contribution in [2.75, 3.05) is 0 Å². The first-order valence-corrected chi connectivity index (χ1v) is 7.61. The van der Waals surface area contributed by atoms with Crippen molar-refractivity contribution in [2.24, 2.45) is 0 Å². The average Bonchev–Trinajstić information content (AvgIpc) is 2.56. The van der Waals surface area contributed by atoms with Crippen LogP contribution in [0.25, 0.3) is 0 Å². The number of nitrogens with one attached hydrogen (secondary N) is 1. The van der Waals surface area contributed by atoms with Gasteiger partial charge < -0.3 is 9.31 Å². The fourth-order valence-corrected chi connectivity index (χ4v) is 2.21. The van der Waals surface area contributed by atoms with Gasteiger partial charge >= 0.3 is 7.12 Å². The van der Waals surface area contributed by atoms with Crippen LogP contribution in [0.4, 0.5) is 0 Å². The fraction of sp³-hybridized carbons (Fsp3) is 0.538. The molecule has 1 unspecified atom stereocenters. The summed E-state index contributed by atoms with van der Waals surface area (Å²) in [5.41, 5.74) is 1.15. The first kappa shape index (κ1) is 15.7. The van der Waals surface area contributed by atoms with Gasteiger partial charge in [-0.15, -0.1) is 0 Å². The average molecular weight is 297 g/mol. The van der Waals surface area contributed by atoms with Gasteiger partial charge in [0.05, 0.1) is 11.2 Å². The van der Waals surface area contributed by atoms with E-state index in [0.29, 0.717) is 6.54 Å². The van der Waals surface area contributed by atoms with Crippen molar-refractivity contribution in [1.29, 1.82) is 0 Å². The number of hydrogen-bond donors (Lipinski definition) is 2. The Balaban J connectivity index is 2.06. The van der Waals surface area contributed by atoms with Gasteiger partial charge in [-0.3, -0.25) is 4.55 Å². The van der Waals surface area contributed by atoms with Crippen molar-refractivity contribution in [3.63, 3.8) is 0 Å². The van der Waals surface area contributed by atoms with Crippen LogP contribution < -0.4 is 10.2 Å². The first-order chi connectivity index (χ1) is 9.21. The van der Waals surface area contributed by atoms with Gasteiger partial charge in [0.2, 0.25) is 11.3 Å². The van der Waals surface area contributed by atoms with Crippen molar-refractivity contribution in [3.8, 4) is 0 Å². The van der Waals surface area contributed by atoms with E-state index in [2.05, 4.69) is 4.72 Å². The summed E-state index contributed by atoms with van der Waals surface area (Å²) in [6, 6.07) is 7.61. The molecule has 1 aliphatic rings. The number of hydrogen-bond acceptors (Lipinski definition) is 3. The molecule has 20 heavy (non-hydrogen) atoms. The van der Waals surface area contributed by atoms with Crippen LogP contribution in [0.1, 0.15) is 33.3 Å². The molecule has 0 bridgehead atoms. The Morgan fingerprint density at radius 1 is 1.15 bits per heavy atom. The lowest BCUT2D eigenvalue weighted by atomic mass is 9.79. The maximum atomic E-state index is 10.6. The molecule has 1 fully saturated rings. The van der Waals surface area contributed by atoms with Gasteiger partial charge in [-0.25, -0.2) is 8.93 Å². The summed E-state index contributed by atoms with van der Waals surface area (Å²) in [4.78, 5) is 0. The van der Waals surface area contributed by atoms with E-state index in [1.165, 1.54) is 0 Å². The highest BCUT2D eigenvalue weighted by molar-refractivity contribution is 7.77. The van der Waals surface area contributed by atoms with Crippen LogP contribution in [-0.2, 0) is 27.1 Å². The number of rotatable bonds is 4. The van der Waals surface area contributed by atoms with E-state index in [1.807, 2.05) is 52.0 Å². The van der Waals surface area contributed by atoms with Crippen molar-refractivity contribution in [3.05, 3.63) is 29.8 Å². The molecule has 1 heterocycles. The molecule has 1 aromatic carbocycles. The third-order valence-corrected chi connectivity index (χ3v) is 4.30. The molecule has 0 aliphatic carbocycles. The van der Waals surface area contributed by atoms with E-state index in [-0.39, 0.29) is 18.3 Å². The standard InChI is InChI=1S/C13H20BNO4S/c1-12(2)13(3,4)19-14(18-12)11-7-5-10(6-8-11)9-15-20(16)17/h5-8,15H,9H2,1-4H3,(H,16,17). The summed E-state index contributed by atoms with van der Waals surface area (Å²) in [6.07, 6.45) is 0. The summed E-state index contributed by atoms with van der Waals surface area (Å²) in [6.45, 7) is 8.40. The Bertz CT molecular complexity index is 488. The molecule has 0 aromatic heterocycles. The summed E-state index contributed by atoms with van der Waals surface area (Å²) in [5, 5.41) is 0. The van der Waals surface area contributed by atoms with E-state index in [0.717, 1.165) is 11.0 Å². The molecule has 1 atom stereocenters. The Morgan fingerprint density at radius 3 is 2.10 bits per heavy atom. The highest BCUT2D eigenvalue weighted by Gasteiger charge is 2.51. The van der Waals surface area contributed by atoms with Gasteiger partial charge in [0, 0.05) is 6.54 Å². The Morgan fingerprint density at radius 2 is 1.65 bits per heavy atom. The molecule has 1 aromatic rings. The van der Waals surface area contributed by atoms with Crippen LogP contribution in [-0.4, -0.2) is 27.1 Å². The lowest BCUT2D eigenvalue weighted by Gasteiger charge is -2.32. The molecule has 0 radical (unpaired) electrons. The monoisotopic (exact) mass is 297 g/mol. The molecule has 0 spiro atoms. The van der Waals surface area contributed by atoms with E-state index in [9.17, 15) is 4.21 Å². The summed E-state index contributed by atoms with van der Waals surface area (Å²) < 4.78 is 33.6. The Labute approximate surface area is 122 Å². The Hall–Kier alpha value is -0.725. The molecule has 110 valence electrons. The summed E-state index contributed by atoms with van der Waals surface area (Å²) in [7, 11) is -0.381. The van der Waals surface area contributed by atoms with Gasteiger partial charge in [0.1, 0.15) is 0 Å². The lowest BCUT2D eigenvalue weighted by molar-refractivity contribution is 0.00578. The maximum absolute atomic E-state index is 10.6. The second-order valence-corrected chi connectivity index (χ2v) is 6.69. The third-order valence-electron chi connectivity index (χ3n) is 3.90. The molecule has 1 aliphatic heterocycles. The van der Waals surface area contributed by atoms with Gasteiger partial charge in [0.25, 0.3) is 0 Å². The van der Waals surface area contributed by atoms with Gasteiger partial charge in [-0.05, 0) is 38.7 Å². The SMILES string of the molecule is CC1(C)OB(c2ccc(CNS(=O)O)cc2)OC1(C)C. The van der Waals surface area contributed by atoms with Gasteiger partial charge in [-0.1, -0.05) is 24.3 Å². The van der Waals surface area contributed by atoms with Gasteiger partial charge in [0.15, 0.2) is 0 Å². The van der Waals surface area contributed by atoms with E-state index >= 15 is 0 Å². The maximum Gasteiger partial charge on any atom is 0.494 e. The van der Waals surface area contributed by atoms with E-state index < -0.39 is 11.3 Å². The molecule has 1 saturated heterocycles. The van der Waals surface area contributed by atoms with Crippen LogP contribution in [0, 0.1) is 0 Å².